The van der Waals surface area contributed by atoms with Gasteiger partial charge in [0.2, 0.25) is 0 Å². The Morgan fingerprint density at radius 1 is 1.10 bits per heavy atom. The lowest BCUT2D eigenvalue weighted by Crippen LogP contribution is -2.21. The molecule has 1 aromatic heterocycles. The van der Waals surface area contributed by atoms with Crippen LogP contribution in [0.3, 0.4) is 0 Å². The lowest BCUT2D eigenvalue weighted by Gasteiger charge is -2.21. The number of aromatic nitrogens is 1. The van der Waals surface area contributed by atoms with E-state index in [0.29, 0.717) is 10.7 Å². The van der Waals surface area contributed by atoms with Gasteiger partial charge in [0.1, 0.15) is 0 Å². The van der Waals surface area contributed by atoms with Crippen LogP contribution in [0.15, 0.2) is 54.6 Å². The minimum atomic E-state index is -1.36. The number of esters is 1. The monoisotopic (exact) mass is 423 g/mol. The molecule has 0 saturated carbocycles. The summed E-state index contributed by atoms with van der Waals surface area (Å²) in [5, 5.41) is 11.7. The van der Waals surface area contributed by atoms with Crippen LogP contribution in [-0.2, 0) is 22.5 Å². The summed E-state index contributed by atoms with van der Waals surface area (Å²) in [7, 11) is 0. The van der Waals surface area contributed by atoms with Gasteiger partial charge < -0.3 is 14.4 Å². The zero-order chi connectivity index (χ0) is 21.5. The minimum Gasteiger partial charge on any atom is -0.464 e. The van der Waals surface area contributed by atoms with Crippen molar-refractivity contribution in [3.63, 3.8) is 0 Å². The van der Waals surface area contributed by atoms with E-state index in [1.807, 2.05) is 42.5 Å². The number of carbonyl (C=O) groups excluding carboxylic acids is 1. The maximum absolute atomic E-state index is 12.6. The van der Waals surface area contributed by atoms with E-state index in [9.17, 15) is 9.90 Å². The van der Waals surface area contributed by atoms with Crippen LogP contribution in [-0.4, -0.2) is 22.2 Å². The number of fused-ring (bicyclic) bond motifs is 1. The Balaban J connectivity index is 2.03. The Morgan fingerprint density at radius 2 is 1.73 bits per heavy atom. The molecule has 3 aromatic rings. The summed E-state index contributed by atoms with van der Waals surface area (Å²) < 4.78 is 7.29. The predicted octanol–water partition coefficient (Wildman–Crippen LogP) is 5.65. The third-order valence-electron chi connectivity index (χ3n) is 5.61. The van der Waals surface area contributed by atoms with Gasteiger partial charge in [0.15, 0.2) is 6.10 Å². The zero-order valence-electron chi connectivity index (χ0n) is 17.5. The van der Waals surface area contributed by atoms with Gasteiger partial charge in [0.25, 0.3) is 0 Å². The van der Waals surface area contributed by atoms with Crippen molar-refractivity contribution >= 4 is 17.6 Å². The molecule has 1 aliphatic heterocycles. The number of rotatable bonds is 5. The molecule has 0 amide bonds. The summed E-state index contributed by atoms with van der Waals surface area (Å²) in [4.78, 5) is 12.6. The molecule has 1 atom stereocenters. The van der Waals surface area contributed by atoms with Crippen molar-refractivity contribution in [2.24, 2.45) is 5.41 Å². The Hall–Kier alpha value is -2.56. The van der Waals surface area contributed by atoms with Crippen LogP contribution in [0.5, 0.6) is 0 Å². The molecule has 0 radical (unpaired) electrons. The molecule has 4 rings (SSSR count). The van der Waals surface area contributed by atoms with Gasteiger partial charge in [-0.05, 0) is 42.0 Å². The molecule has 1 aliphatic rings. The largest absolute Gasteiger partial charge is 0.464 e. The number of halogens is 1. The highest BCUT2D eigenvalue weighted by atomic mass is 35.5. The number of nitrogens with zero attached hydrogens (tertiary/aromatic N) is 1. The van der Waals surface area contributed by atoms with E-state index < -0.39 is 12.1 Å². The van der Waals surface area contributed by atoms with E-state index in [1.54, 1.807) is 6.92 Å². The van der Waals surface area contributed by atoms with Crippen molar-refractivity contribution in [3.05, 3.63) is 71.0 Å². The van der Waals surface area contributed by atoms with Gasteiger partial charge in [0, 0.05) is 28.4 Å². The molecular weight excluding hydrogens is 398 g/mol. The van der Waals surface area contributed by atoms with Crippen LogP contribution in [0.2, 0.25) is 5.02 Å². The molecule has 0 bridgehead atoms. The van der Waals surface area contributed by atoms with Gasteiger partial charge in [-0.3, -0.25) is 0 Å². The molecular formula is C25H26ClNO3. The van der Waals surface area contributed by atoms with Crippen LogP contribution < -0.4 is 0 Å². The van der Waals surface area contributed by atoms with Crippen molar-refractivity contribution < 1.29 is 14.6 Å². The first kappa shape index (κ1) is 20.7. The number of hydrogen-bond donors (Lipinski definition) is 1. The number of aliphatic hydroxyl groups excluding tert-OH is 1. The molecule has 0 spiro atoms. The fourth-order valence-electron chi connectivity index (χ4n) is 4.43. The zero-order valence-corrected chi connectivity index (χ0v) is 18.2. The number of carbonyl (C=O) groups is 1. The first-order valence-corrected chi connectivity index (χ1v) is 10.6. The SMILES string of the molecule is CCOC(=O)C(O)c1c(-c2ccc(Cl)cc2)c(-c2ccccc2)c2n1CC(C)(C)C2. The average molecular weight is 424 g/mol. The fourth-order valence-corrected chi connectivity index (χ4v) is 4.56. The Morgan fingerprint density at radius 3 is 2.37 bits per heavy atom. The quantitative estimate of drug-likeness (QED) is 0.539. The lowest BCUT2D eigenvalue weighted by atomic mass is 9.86. The highest BCUT2D eigenvalue weighted by Crippen LogP contribution is 2.48. The summed E-state index contributed by atoms with van der Waals surface area (Å²) in [5.74, 6) is -0.627. The molecule has 0 aliphatic carbocycles. The van der Waals surface area contributed by atoms with Crippen molar-refractivity contribution in [2.45, 2.75) is 39.8 Å². The smallest absolute Gasteiger partial charge is 0.341 e. The number of aliphatic hydroxyl groups is 1. The molecule has 2 heterocycles. The van der Waals surface area contributed by atoms with Crippen molar-refractivity contribution in [3.8, 4) is 22.3 Å². The molecule has 4 nitrogen and oxygen atoms in total. The summed E-state index contributed by atoms with van der Waals surface area (Å²) in [6.07, 6.45) is -0.506. The number of ether oxygens (including phenoxy) is 1. The third-order valence-corrected chi connectivity index (χ3v) is 5.86. The standard InChI is InChI=1S/C25H26ClNO3/c1-4-30-24(29)23(28)22-21(17-10-12-18(26)13-11-17)20(16-8-6-5-7-9-16)19-14-25(2,3)15-27(19)22/h5-13,23,28H,4,14-15H2,1-3H3. The average Bonchev–Trinajstić information content (AvgIpc) is 3.18. The molecule has 156 valence electrons. The number of hydrogen-bond acceptors (Lipinski definition) is 3. The third kappa shape index (κ3) is 3.66. The van der Waals surface area contributed by atoms with Crippen molar-refractivity contribution in [1.29, 1.82) is 0 Å². The topological polar surface area (TPSA) is 51.5 Å². The van der Waals surface area contributed by atoms with E-state index >= 15 is 0 Å². The van der Waals surface area contributed by atoms with Crippen LogP contribution in [0.25, 0.3) is 22.3 Å². The Bertz CT molecular complexity index is 1070. The van der Waals surface area contributed by atoms with Gasteiger partial charge in [-0.2, -0.15) is 0 Å². The van der Waals surface area contributed by atoms with Crippen molar-refractivity contribution in [1.82, 2.24) is 4.57 Å². The Kier molecular flexibility index (Phi) is 5.48. The van der Waals surface area contributed by atoms with Crippen LogP contribution >= 0.6 is 11.6 Å². The molecule has 0 saturated heterocycles. The maximum atomic E-state index is 12.6. The number of benzene rings is 2. The Labute approximate surface area is 182 Å². The second-order valence-electron chi connectivity index (χ2n) is 8.54. The first-order chi connectivity index (χ1) is 14.3. The lowest BCUT2D eigenvalue weighted by molar-refractivity contribution is -0.153. The molecule has 1 unspecified atom stereocenters. The highest BCUT2D eigenvalue weighted by Gasteiger charge is 2.39. The van der Waals surface area contributed by atoms with E-state index in [-0.39, 0.29) is 12.0 Å². The van der Waals surface area contributed by atoms with Gasteiger partial charge in [-0.1, -0.05) is 67.9 Å². The van der Waals surface area contributed by atoms with Gasteiger partial charge in [0.05, 0.1) is 12.3 Å². The van der Waals surface area contributed by atoms with Crippen molar-refractivity contribution in [2.75, 3.05) is 6.61 Å². The van der Waals surface area contributed by atoms with Crippen LogP contribution in [0.4, 0.5) is 0 Å². The van der Waals surface area contributed by atoms with Crippen LogP contribution in [0, 0.1) is 5.41 Å². The second kappa shape index (κ2) is 7.93. The molecule has 0 fully saturated rings. The fraction of sp³-hybridized carbons (Fsp3) is 0.320. The molecule has 30 heavy (non-hydrogen) atoms. The molecule has 1 N–H and O–H groups in total. The molecule has 5 heteroatoms. The normalized spacial score (nSPS) is 15.6. The van der Waals surface area contributed by atoms with Gasteiger partial charge in [-0.15, -0.1) is 0 Å². The first-order valence-electron chi connectivity index (χ1n) is 10.2. The van der Waals surface area contributed by atoms with Crippen LogP contribution in [0.1, 0.15) is 38.3 Å². The predicted molar refractivity (Wildman–Crippen MR) is 119 cm³/mol. The van der Waals surface area contributed by atoms with E-state index in [2.05, 4.69) is 30.5 Å². The summed E-state index contributed by atoms with van der Waals surface area (Å²) in [6, 6.07) is 17.7. The summed E-state index contributed by atoms with van der Waals surface area (Å²) >= 11 is 6.13. The second-order valence-corrected chi connectivity index (χ2v) is 8.97. The minimum absolute atomic E-state index is 0.0283. The van der Waals surface area contributed by atoms with Gasteiger partial charge >= 0.3 is 5.97 Å². The van der Waals surface area contributed by atoms with E-state index in [1.165, 1.54) is 0 Å². The van der Waals surface area contributed by atoms with Gasteiger partial charge in [-0.25, -0.2) is 4.79 Å². The van der Waals surface area contributed by atoms with E-state index in [0.717, 1.165) is 40.9 Å². The maximum Gasteiger partial charge on any atom is 0.341 e. The summed E-state index contributed by atoms with van der Waals surface area (Å²) in [5.41, 5.74) is 5.65. The molecule has 2 aromatic carbocycles. The summed E-state index contributed by atoms with van der Waals surface area (Å²) in [6.45, 7) is 7.10. The highest BCUT2D eigenvalue weighted by molar-refractivity contribution is 6.30. The van der Waals surface area contributed by atoms with E-state index in [4.69, 9.17) is 16.3 Å².